The number of benzene rings is 1. The summed E-state index contributed by atoms with van der Waals surface area (Å²) in [5.74, 6) is -0.356. The summed E-state index contributed by atoms with van der Waals surface area (Å²) in [5, 5.41) is 8.99. The third-order valence-electron chi connectivity index (χ3n) is 2.95. The molecule has 0 amide bonds. The third-order valence-corrected chi connectivity index (χ3v) is 2.95. The molecule has 1 heterocycles. The monoisotopic (exact) mass is 273 g/mol. The van der Waals surface area contributed by atoms with Crippen LogP contribution in [0.2, 0.25) is 0 Å². The van der Waals surface area contributed by atoms with Gasteiger partial charge in [-0.2, -0.15) is 0 Å². The normalized spacial score (nSPS) is 10.3. The van der Waals surface area contributed by atoms with Gasteiger partial charge in [-0.05, 0) is 43.2 Å². The topological polar surface area (TPSA) is 79.4 Å². The fourth-order valence-electron chi connectivity index (χ4n) is 2.00. The van der Waals surface area contributed by atoms with E-state index in [9.17, 15) is 9.59 Å². The number of hydrogen-bond acceptors (Lipinski definition) is 3. The molecule has 0 saturated carbocycles. The Morgan fingerprint density at radius 2 is 2.05 bits per heavy atom. The minimum absolute atomic E-state index is 0.0490. The first-order valence-electron chi connectivity index (χ1n) is 6.22. The Morgan fingerprint density at radius 3 is 2.65 bits per heavy atom. The number of carboxylic acids is 1. The van der Waals surface area contributed by atoms with Crippen molar-refractivity contribution in [3.63, 3.8) is 0 Å². The summed E-state index contributed by atoms with van der Waals surface area (Å²) in [6, 6.07) is 6.73. The molecule has 5 heteroatoms. The predicted molar refractivity (Wildman–Crippen MR) is 75.4 cm³/mol. The van der Waals surface area contributed by atoms with E-state index in [0.717, 1.165) is 11.3 Å². The van der Waals surface area contributed by atoms with Gasteiger partial charge in [0.2, 0.25) is 0 Å². The summed E-state index contributed by atoms with van der Waals surface area (Å²) in [6.45, 7) is 4.31. The fourth-order valence-corrected chi connectivity index (χ4v) is 2.00. The quantitative estimate of drug-likeness (QED) is 0.896. The van der Waals surface area contributed by atoms with Crippen molar-refractivity contribution in [2.75, 3.05) is 6.61 Å². The number of ether oxygens (including phenoxy) is 1. The Labute approximate surface area is 115 Å². The van der Waals surface area contributed by atoms with E-state index in [2.05, 4.69) is 4.98 Å². The Balaban J connectivity index is 2.53. The van der Waals surface area contributed by atoms with Gasteiger partial charge in [-0.1, -0.05) is 6.07 Å². The van der Waals surface area contributed by atoms with Crippen LogP contribution >= 0.6 is 0 Å². The van der Waals surface area contributed by atoms with Crippen molar-refractivity contribution >= 4 is 5.97 Å². The maximum atomic E-state index is 11.9. The Morgan fingerprint density at radius 1 is 1.30 bits per heavy atom. The highest BCUT2D eigenvalue weighted by Gasteiger charge is 2.11. The third kappa shape index (κ3) is 2.71. The number of aromatic carboxylic acids is 1. The molecule has 2 N–H and O–H groups in total. The van der Waals surface area contributed by atoms with Gasteiger partial charge in [0.1, 0.15) is 5.75 Å². The second-order valence-corrected chi connectivity index (χ2v) is 4.35. The molecule has 1 aromatic carbocycles. The van der Waals surface area contributed by atoms with E-state index >= 15 is 0 Å². The highest BCUT2D eigenvalue weighted by atomic mass is 16.5. The number of H-pyrrole nitrogens is 1. The van der Waals surface area contributed by atoms with Crippen molar-refractivity contribution in [3.8, 4) is 16.9 Å². The number of carboxylic acid groups (broad SMARTS) is 1. The smallest absolute Gasteiger partial charge is 0.337 e. The van der Waals surface area contributed by atoms with E-state index < -0.39 is 5.97 Å². The van der Waals surface area contributed by atoms with Crippen LogP contribution in [0.3, 0.4) is 0 Å². The zero-order valence-electron chi connectivity index (χ0n) is 11.3. The van der Waals surface area contributed by atoms with Crippen LogP contribution in [0.25, 0.3) is 11.1 Å². The van der Waals surface area contributed by atoms with Crippen molar-refractivity contribution in [2.24, 2.45) is 0 Å². The second-order valence-electron chi connectivity index (χ2n) is 4.35. The van der Waals surface area contributed by atoms with E-state index in [-0.39, 0.29) is 11.1 Å². The molecular formula is C15H15NO4. The zero-order chi connectivity index (χ0) is 14.7. The number of pyridine rings is 1. The minimum Gasteiger partial charge on any atom is -0.494 e. The molecule has 0 aliphatic heterocycles. The lowest BCUT2D eigenvalue weighted by atomic mass is 10.0. The Hall–Kier alpha value is -2.56. The number of hydrogen-bond donors (Lipinski definition) is 2. The number of carbonyl (C=O) groups is 1. The molecule has 2 rings (SSSR count). The summed E-state index contributed by atoms with van der Waals surface area (Å²) in [7, 11) is 0. The molecule has 0 atom stereocenters. The summed E-state index contributed by atoms with van der Waals surface area (Å²) in [5.41, 5.74) is 1.61. The lowest BCUT2D eigenvalue weighted by Gasteiger charge is -2.09. The van der Waals surface area contributed by atoms with Crippen LogP contribution in [0.1, 0.15) is 22.8 Å². The van der Waals surface area contributed by atoms with Crippen LogP contribution in [-0.2, 0) is 0 Å². The molecule has 104 valence electrons. The Bertz CT molecular complexity index is 703. The highest BCUT2D eigenvalue weighted by Crippen LogP contribution is 2.25. The summed E-state index contributed by atoms with van der Waals surface area (Å²) < 4.78 is 5.39. The number of rotatable bonds is 4. The molecule has 1 aromatic heterocycles. The molecule has 0 aliphatic carbocycles. The van der Waals surface area contributed by atoms with Gasteiger partial charge in [-0.25, -0.2) is 4.79 Å². The number of aryl methyl sites for hydroxylation is 1. The van der Waals surface area contributed by atoms with E-state index in [1.807, 2.05) is 19.9 Å². The number of aromatic nitrogens is 1. The largest absolute Gasteiger partial charge is 0.494 e. The fraction of sp³-hybridized carbons (Fsp3) is 0.200. The van der Waals surface area contributed by atoms with Gasteiger partial charge in [0, 0.05) is 11.8 Å². The lowest BCUT2D eigenvalue weighted by molar-refractivity contribution is 0.0696. The average molecular weight is 273 g/mol. The van der Waals surface area contributed by atoms with Gasteiger partial charge in [-0.3, -0.25) is 4.79 Å². The minimum atomic E-state index is -1.08. The molecule has 0 bridgehead atoms. The van der Waals surface area contributed by atoms with E-state index in [4.69, 9.17) is 9.84 Å². The van der Waals surface area contributed by atoms with Crippen molar-refractivity contribution in [3.05, 3.63) is 51.9 Å². The molecule has 0 unspecified atom stereocenters. The van der Waals surface area contributed by atoms with Crippen LogP contribution in [0.15, 0.2) is 35.3 Å². The first-order valence-corrected chi connectivity index (χ1v) is 6.22. The van der Waals surface area contributed by atoms with Gasteiger partial charge >= 0.3 is 5.97 Å². The predicted octanol–water partition coefficient (Wildman–Crippen LogP) is 2.45. The molecule has 0 spiro atoms. The Kier molecular flexibility index (Phi) is 3.89. The first-order chi connectivity index (χ1) is 9.52. The van der Waals surface area contributed by atoms with Crippen LogP contribution < -0.4 is 10.3 Å². The van der Waals surface area contributed by atoms with E-state index in [0.29, 0.717) is 17.7 Å². The second kappa shape index (κ2) is 5.61. The van der Waals surface area contributed by atoms with E-state index in [1.54, 1.807) is 12.1 Å². The van der Waals surface area contributed by atoms with Gasteiger partial charge < -0.3 is 14.8 Å². The number of nitrogens with one attached hydrogen (secondary N) is 1. The molecular weight excluding hydrogens is 258 g/mol. The molecule has 20 heavy (non-hydrogen) atoms. The van der Waals surface area contributed by atoms with Crippen molar-refractivity contribution in [1.82, 2.24) is 4.98 Å². The highest BCUT2D eigenvalue weighted by molar-refractivity contribution is 5.89. The molecule has 0 aliphatic rings. The van der Waals surface area contributed by atoms with Crippen molar-refractivity contribution < 1.29 is 14.6 Å². The van der Waals surface area contributed by atoms with Crippen molar-refractivity contribution in [1.29, 1.82) is 0 Å². The summed E-state index contributed by atoms with van der Waals surface area (Å²) in [4.78, 5) is 25.3. The van der Waals surface area contributed by atoms with Gasteiger partial charge in [-0.15, -0.1) is 0 Å². The zero-order valence-corrected chi connectivity index (χ0v) is 11.3. The summed E-state index contributed by atoms with van der Waals surface area (Å²) in [6.07, 6.45) is 1.19. The van der Waals surface area contributed by atoms with Crippen LogP contribution in [0.4, 0.5) is 0 Å². The maximum absolute atomic E-state index is 11.9. The molecule has 0 radical (unpaired) electrons. The van der Waals surface area contributed by atoms with Gasteiger partial charge in [0.05, 0.1) is 12.2 Å². The SMILES string of the molecule is CCOc1ccc(-c2cc(C(=O)O)c[nH]c2=O)c(C)c1. The number of aromatic amines is 1. The van der Waals surface area contributed by atoms with Gasteiger partial charge in [0.15, 0.2) is 0 Å². The first kappa shape index (κ1) is 13.9. The van der Waals surface area contributed by atoms with Crippen molar-refractivity contribution in [2.45, 2.75) is 13.8 Å². The maximum Gasteiger partial charge on any atom is 0.337 e. The van der Waals surface area contributed by atoms with E-state index in [1.165, 1.54) is 12.3 Å². The average Bonchev–Trinajstić information content (AvgIpc) is 2.40. The molecule has 0 saturated heterocycles. The van der Waals surface area contributed by atoms with Crippen LogP contribution in [-0.4, -0.2) is 22.7 Å². The van der Waals surface area contributed by atoms with Gasteiger partial charge in [0.25, 0.3) is 5.56 Å². The van der Waals surface area contributed by atoms with Crippen LogP contribution in [0.5, 0.6) is 5.75 Å². The molecule has 5 nitrogen and oxygen atoms in total. The van der Waals surface area contributed by atoms with Crippen LogP contribution in [0, 0.1) is 6.92 Å². The lowest BCUT2D eigenvalue weighted by Crippen LogP contribution is -2.12. The molecule has 0 fully saturated rings. The summed E-state index contributed by atoms with van der Waals surface area (Å²) >= 11 is 0. The molecule has 2 aromatic rings. The standard InChI is InChI=1S/C15H15NO4/c1-3-20-11-4-5-12(9(2)6-11)13-7-10(15(18)19)8-16-14(13)17/h4-8H,3H2,1-2H3,(H,16,17)(H,18,19).